The second kappa shape index (κ2) is 6.78. The number of thiazole rings is 1. The van der Waals surface area contributed by atoms with Crippen molar-refractivity contribution in [1.82, 2.24) is 20.0 Å². The van der Waals surface area contributed by atoms with Crippen molar-refractivity contribution >= 4 is 28.8 Å². The molecule has 6 nitrogen and oxygen atoms in total. The predicted molar refractivity (Wildman–Crippen MR) is 104 cm³/mol. The van der Waals surface area contributed by atoms with E-state index in [-0.39, 0.29) is 0 Å². The summed E-state index contributed by atoms with van der Waals surface area (Å²) in [4.78, 5) is 4.64. The van der Waals surface area contributed by atoms with E-state index in [0.717, 1.165) is 22.7 Å². The van der Waals surface area contributed by atoms with Crippen molar-refractivity contribution in [2.24, 2.45) is 0 Å². The van der Waals surface area contributed by atoms with Crippen molar-refractivity contribution in [3.8, 4) is 33.4 Å². The average molecular weight is 384 g/mol. The van der Waals surface area contributed by atoms with Crippen LogP contribution in [-0.4, -0.2) is 27.1 Å². The van der Waals surface area contributed by atoms with Gasteiger partial charge < -0.3 is 10.5 Å². The van der Waals surface area contributed by atoms with Crippen LogP contribution in [0.1, 0.15) is 0 Å². The number of methoxy groups -OCH3 is 1. The quantitative estimate of drug-likeness (QED) is 0.568. The summed E-state index contributed by atoms with van der Waals surface area (Å²) < 4.78 is 6.82. The predicted octanol–water partition coefficient (Wildman–Crippen LogP) is 4.30. The van der Waals surface area contributed by atoms with Crippen LogP contribution in [0.5, 0.6) is 5.75 Å². The largest absolute Gasteiger partial charge is 0.497 e. The molecule has 0 bridgehead atoms. The molecule has 130 valence electrons. The summed E-state index contributed by atoms with van der Waals surface area (Å²) in [5.74, 6) is 1.15. The number of halogens is 1. The third-order valence-corrected chi connectivity index (χ3v) is 4.95. The SMILES string of the molecule is COc1cccc(-n2nnc(-c3nc(-c4ccc(Cl)cc4)cs3)c2N)c1. The molecule has 0 radical (unpaired) electrons. The van der Waals surface area contributed by atoms with E-state index in [1.54, 1.807) is 11.8 Å². The molecule has 0 aliphatic rings. The van der Waals surface area contributed by atoms with Crippen LogP contribution in [0, 0.1) is 0 Å². The van der Waals surface area contributed by atoms with Gasteiger partial charge in [-0.3, -0.25) is 0 Å². The topological polar surface area (TPSA) is 78.8 Å². The van der Waals surface area contributed by atoms with Crippen molar-refractivity contribution in [3.05, 3.63) is 58.9 Å². The van der Waals surface area contributed by atoms with Crippen LogP contribution in [0.25, 0.3) is 27.6 Å². The van der Waals surface area contributed by atoms with E-state index in [4.69, 9.17) is 22.1 Å². The van der Waals surface area contributed by atoms with E-state index in [1.165, 1.54) is 11.3 Å². The molecule has 0 aliphatic heterocycles. The molecule has 4 aromatic rings. The number of anilines is 1. The fraction of sp³-hybridized carbons (Fsp3) is 0.0556. The molecule has 0 saturated carbocycles. The summed E-state index contributed by atoms with van der Waals surface area (Å²) in [5.41, 5.74) is 9.43. The highest BCUT2D eigenvalue weighted by atomic mass is 35.5. The van der Waals surface area contributed by atoms with Gasteiger partial charge in [0.2, 0.25) is 0 Å². The lowest BCUT2D eigenvalue weighted by Gasteiger charge is -2.05. The summed E-state index contributed by atoms with van der Waals surface area (Å²) >= 11 is 7.41. The second-order valence-corrected chi connectivity index (χ2v) is 6.78. The van der Waals surface area contributed by atoms with Crippen molar-refractivity contribution in [3.63, 3.8) is 0 Å². The van der Waals surface area contributed by atoms with Gasteiger partial charge in [0.15, 0.2) is 11.5 Å². The molecule has 4 rings (SSSR count). The monoisotopic (exact) mass is 383 g/mol. The lowest BCUT2D eigenvalue weighted by atomic mass is 10.2. The van der Waals surface area contributed by atoms with Gasteiger partial charge in [-0.25, -0.2) is 4.98 Å². The molecule has 0 saturated heterocycles. The summed E-state index contributed by atoms with van der Waals surface area (Å²) in [6, 6.07) is 15.0. The third-order valence-electron chi connectivity index (χ3n) is 3.85. The smallest absolute Gasteiger partial charge is 0.165 e. The van der Waals surface area contributed by atoms with Crippen LogP contribution in [0.15, 0.2) is 53.9 Å². The number of nitrogens with zero attached hydrogens (tertiary/aromatic N) is 4. The molecule has 0 atom stereocenters. The zero-order chi connectivity index (χ0) is 18.1. The molecular weight excluding hydrogens is 370 g/mol. The van der Waals surface area contributed by atoms with Crippen LogP contribution in [0.4, 0.5) is 5.82 Å². The van der Waals surface area contributed by atoms with E-state index < -0.39 is 0 Å². The maximum atomic E-state index is 6.27. The van der Waals surface area contributed by atoms with Crippen molar-refractivity contribution in [1.29, 1.82) is 0 Å². The van der Waals surface area contributed by atoms with Gasteiger partial charge in [-0.1, -0.05) is 35.0 Å². The maximum Gasteiger partial charge on any atom is 0.165 e. The summed E-state index contributed by atoms with van der Waals surface area (Å²) in [6.07, 6.45) is 0. The standard InChI is InChI=1S/C18H14ClN5OS/c1-25-14-4-2-3-13(9-14)24-17(20)16(22-23-24)18-21-15(10-26-18)11-5-7-12(19)8-6-11/h2-10H,20H2,1H3. The zero-order valence-corrected chi connectivity index (χ0v) is 15.3. The first-order valence-electron chi connectivity index (χ1n) is 7.73. The van der Waals surface area contributed by atoms with Crippen LogP contribution >= 0.6 is 22.9 Å². The summed E-state index contributed by atoms with van der Waals surface area (Å²) in [7, 11) is 1.61. The van der Waals surface area contributed by atoms with Crippen LogP contribution in [0.2, 0.25) is 5.02 Å². The first-order valence-corrected chi connectivity index (χ1v) is 8.99. The first kappa shape index (κ1) is 16.6. The fourth-order valence-electron chi connectivity index (χ4n) is 2.51. The Bertz CT molecular complexity index is 1060. The minimum atomic E-state index is 0.426. The molecule has 0 unspecified atom stereocenters. The highest BCUT2D eigenvalue weighted by Crippen LogP contribution is 2.32. The number of rotatable bonds is 4. The van der Waals surface area contributed by atoms with E-state index in [0.29, 0.717) is 21.5 Å². The molecule has 2 aromatic heterocycles. The minimum absolute atomic E-state index is 0.426. The fourth-order valence-corrected chi connectivity index (χ4v) is 3.46. The number of ether oxygens (including phenoxy) is 1. The molecule has 2 aromatic carbocycles. The number of benzene rings is 2. The van der Waals surface area contributed by atoms with Crippen LogP contribution in [-0.2, 0) is 0 Å². The number of hydrogen-bond donors (Lipinski definition) is 1. The van der Waals surface area contributed by atoms with Gasteiger partial charge >= 0.3 is 0 Å². The van der Waals surface area contributed by atoms with Gasteiger partial charge in [0.1, 0.15) is 10.8 Å². The Hall–Kier alpha value is -2.90. The van der Waals surface area contributed by atoms with Gasteiger partial charge in [-0.05, 0) is 24.3 Å². The Labute approximate surface area is 158 Å². The molecule has 8 heteroatoms. The molecule has 0 fully saturated rings. The molecule has 2 heterocycles. The number of aromatic nitrogens is 4. The number of nitrogens with two attached hydrogens (primary N) is 1. The molecule has 0 aliphatic carbocycles. The second-order valence-electron chi connectivity index (χ2n) is 5.48. The lowest BCUT2D eigenvalue weighted by molar-refractivity contribution is 0.414. The number of hydrogen-bond acceptors (Lipinski definition) is 6. The van der Waals surface area contributed by atoms with Crippen molar-refractivity contribution in [2.75, 3.05) is 12.8 Å². The van der Waals surface area contributed by atoms with Gasteiger partial charge in [0.25, 0.3) is 0 Å². The molecule has 0 spiro atoms. The average Bonchev–Trinajstić information content (AvgIpc) is 3.29. The summed E-state index contributed by atoms with van der Waals surface area (Å²) in [6.45, 7) is 0. The number of nitrogen functional groups attached to an aromatic ring is 1. The van der Waals surface area contributed by atoms with Gasteiger partial charge in [0.05, 0.1) is 18.5 Å². The lowest BCUT2D eigenvalue weighted by Crippen LogP contribution is -2.02. The molecule has 0 amide bonds. The Morgan fingerprint density at radius 3 is 2.73 bits per heavy atom. The Morgan fingerprint density at radius 2 is 1.96 bits per heavy atom. The van der Waals surface area contributed by atoms with E-state index in [9.17, 15) is 0 Å². The third kappa shape index (κ3) is 3.02. The van der Waals surface area contributed by atoms with E-state index >= 15 is 0 Å². The molecular formula is C18H14ClN5OS. The van der Waals surface area contributed by atoms with Crippen LogP contribution in [0.3, 0.4) is 0 Å². The molecule has 26 heavy (non-hydrogen) atoms. The van der Waals surface area contributed by atoms with Gasteiger partial charge in [-0.15, -0.1) is 16.4 Å². The van der Waals surface area contributed by atoms with Gasteiger partial charge in [-0.2, -0.15) is 4.68 Å². The Balaban J connectivity index is 1.69. The Kier molecular flexibility index (Phi) is 4.32. The summed E-state index contributed by atoms with van der Waals surface area (Å²) in [5, 5.41) is 11.7. The van der Waals surface area contributed by atoms with E-state index in [2.05, 4.69) is 15.3 Å². The van der Waals surface area contributed by atoms with E-state index in [1.807, 2.05) is 53.9 Å². The van der Waals surface area contributed by atoms with Crippen molar-refractivity contribution in [2.45, 2.75) is 0 Å². The minimum Gasteiger partial charge on any atom is -0.497 e. The van der Waals surface area contributed by atoms with Gasteiger partial charge in [0, 0.05) is 22.0 Å². The first-order chi connectivity index (χ1) is 12.7. The zero-order valence-electron chi connectivity index (χ0n) is 13.8. The van der Waals surface area contributed by atoms with Crippen LogP contribution < -0.4 is 10.5 Å². The maximum absolute atomic E-state index is 6.27. The normalized spacial score (nSPS) is 10.8. The highest BCUT2D eigenvalue weighted by Gasteiger charge is 2.17. The Morgan fingerprint density at radius 1 is 1.15 bits per heavy atom. The van der Waals surface area contributed by atoms with Crippen molar-refractivity contribution < 1.29 is 4.74 Å². The highest BCUT2D eigenvalue weighted by molar-refractivity contribution is 7.13. The molecule has 2 N–H and O–H groups in total.